The third-order valence-electron chi connectivity index (χ3n) is 2.44. The number of fused-ring (bicyclic) bond motifs is 1. The van der Waals surface area contributed by atoms with Crippen molar-refractivity contribution >= 4 is 22.5 Å². The number of ether oxygens (including phenoxy) is 1. The topological polar surface area (TPSA) is 34.2 Å². The zero-order valence-electron chi connectivity index (χ0n) is 9.25. The molecule has 0 saturated carbocycles. The van der Waals surface area contributed by atoms with Crippen molar-refractivity contribution < 1.29 is 4.74 Å². The first-order chi connectivity index (χ1) is 7.76. The van der Waals surface area contributed by atoms with E-state index in [1.54, 1.807) is 7.11 Å². The van der Waals surface area contributed by atoms with Crippen molar-refractivity contribution in [3.63, 3.8) is 0 Å². The molecule has 2 rings (SSSR count). The van der Waals surface area contributed by atoms with Crippen LogP contribution in [0.4, 0.5) is 0 Å². The molecule has 0 radical (unpaired) electrons. The van der Waals surface area contributed by atoms with Crippen molar-refractivity contribution in [1.29, 1.82) is 0 Å². The average Bonchev–Trinajstić information content (AvgIpc) is 2.32. The van der Waals surface area contributed by atoms with Gasteiger partial charge in [-0.3, -0.25) is 0 Å². The summed E-state index contributed by atoms with van der Waals surface area (Å²) in [5.41, 5.74) is 1.92. The molecule has 0 unspecified atom stereocenters. The van der Waals surface area contributed by atoms with Gasteiger partial charge in [0.15, 0.2) is 0 Å². The number of benzene rings is 1. The Morgan fingerprint density at radius 2 is 2.12 bits per heavy atom. The van der Waals surface area contributed by atoms with E-state index in [0.717, 1.165) is 28.0 Å². The maximum absolute atomic E-state index is 6.30. The van der Waals surface area contributed by atoms with Gasteiger partial charge in [-0.25, -0.2) is 4.98 Å². The summed E-state index contributed by atoms with van der Waals surface area (Å²) >= 11 is 6.30. The fraction of sp³-hybridized carbons (Fsp3) is 0.250. The van der Waals surface area contributed by atoms with Gasteiger partial charge in [0.25, 0.3) is 0 Å². The molecule has 0 spiro atoms. The van der Waals surface area contributed by atoms with Crippen molar-refractivity contribution in [1.82, 2.24) is 10.3 Å². The number of aromatic nitrogens is 1. The molecule has 84 valence electrons. The third-order valence-corrected chi connectivity index (χ3v) is 2.88. The van der Waals surface area contributed by atoms with E-state index in [4.69, 9.17) is 16.3 Å². The van der Waals surface area contributed by atoms with Crippen LogP contribution in [0.25, 0.3) is 10.9 Å². The normalized spacial score (nSPS) is 10.7. The van der Waals surface area contributed by atoms with Gasteiger partial charge in [0, 0.05) is 18.0 Å². The van der Waals surface area contributed by atoms with Crippen LogP contribution in [-0.4, -0.2) is 19.1 Å². The lowest BCUT2D eigenvalue weighted by molar-refractivity contribution is 0.399. The molecule has 3 nitrogen and oxygen atoms in total. The number of hydrogen-bond acceptors (Lipinski definition) is 3. The Balaban J connectivity index is 2.57. The van der Waals surface area contributed by atoms with Crippen LogP contribution < -0.4 is 10.1 Å². The molecule has 0 saturated heterocycles. The van der Waals surface area contributed by atoms with E-state index in [1.165, 1.54) is 0 Å². The number of nitrogens with one attached hydrogen (secondary N) is 1. The Hall–Kier alpha value is -1.32. The van der Waals surface area contributed by atoms with E-state index in [0.29, 0.717) is 5.88 Å². The molecular weight excluding hydrogens is 224 g/mol. The number of halogens is 1. The van der Waals surface area contributed by atoms with Gasteiger partial charge in [0.1, 0.15) is 0 Å². The standard InChI is InChI=1S/C12H13ClN2O/c1-14-7-8-3-5-10-9(12(8)13)4-6-11(15-10)16-2/h3-6,14H,7H2,1-2H3. The van der Waals surface area contributed by atoms with Gasteiger partial charge >= 0.3 is 0 Å². The monoisotopic (exact) mass is 236 g/mol. The summed E-state index contributed by atoms with van der Waals surface area (Å²) in [6, 6.07) is 7.68. The highest BCUT2D eigenvalue weighted by Crippen LogP contribution is 2.27. The fourth-order valence-corrected chi connectivity index (χ4v) is 1.92. The van der Waals surface area contributed by atoms with Crippen molar-refractivity contribution in [3.8, 4) is 5.88 Å². The highest BCUT2D eigenvalue weighted by atomic mass is 35.5. The van der Waals surface area contributed by atoms with Crippen LogP contribution in [0.3, 0.4) is 0 Å². The Morgan fingerprint density at radius 1 is 1.31 bits per heavy atom. The largest absolute Gasteiger partial charge is 0.481 e. The van der Waals surface area contributed by atoms with Crippen LogP contribution in [-0.2, 0) is 6.54 Å². The van der Waals surface area contributed by atoms with Gasteiger partial charge in [0.2, 0.25) is 5.88 Å². The van der Waals surface area contributed by atoms with Crippen molar-refractivity contribution in [2.45, 2.75) is 6.54 Å². The molecule has 2 aromatic rings. The van der Waals surface area contributed by atoms with Gasteiger partial charge in [-0.05, 0) is 24.7 Å². The predicted octanol–water partition coefficient (Wildman–Crippen LogP) is 2.62. The van der Waals surface area contributed by atoms with Gasteiger partial charge in [-0.1, -0.05) is 17.7 Å². The van der Waals surface area contributed by atoms with Gasteiger partial charge in [-0.15, -0.1) is 0 Å². The first-order valence-corrected chi connectivity index (χ1v) is 5.41. The van der Waals surface area contributed by atoms with E-state index in [-0.39, 0.29) is 0 Å². The molecule has 1 aromatic heterocycles. The molecule has 0 aliphatic heterocycles. The van der Waals surface area contributed by atoms with Crippen LogP contribution >= 0.6 is 11.6 Å². The SMILES string of the molecule is CNCc1ccc2nc(OC)ccc2c1Cl. The molecule has 0 aliphatic rings. The van der Waals surface area contributed by atoms with Gasteiger partial charge < -0.3 is 10.1 Å². The first kappa shape index (κ1) is 11.2. The summed E-state index contributed by atoms with van der Waals surface area (Å²) in [5.74, 6) is 0.602. The van der Waals surface area contributed by atoms with Crippen LogP contribution in [0.1, 0.15) is 5.56 Å². The summed E-state index contributed by atoms with van der Waals surface area (Å²) < 4.78 is 5.07. The molecule has 0 fully saturated rings. The van der Waals surface area contributed by atoms with Crippen molar-refractivity contribution in [2.24, 2.45) is 0 Å². The third kappa shape index (κ3) is 1.96. The van der Waals surface area contributed by atoms with Crippen molar-refractivity contribution in [2.75, 3.05) is 14.2 Å². The smallest absolute Gasteiger partial charge is 0.213 e. The molecule has 1 heterocycles. The zero-order chi connectivity index (χ0) is 11.5. The quantitative estimate of drug-likeness (QED) is 0.890. The molecular formula is C12H13ClN2O. The summed E-state index contributed by atoms with van der Waals surface area (Å²) in [6.07, 6.45) is 0. The molecule has 1 aromatic carbocycles. The van der Waals surface area contributed by atoms with E-state index < -0.39 is 0 Å². The highest BCUT2D eigenvalue weighted by Gasteiger charge is 2.06. The van der Waals surface area contributed by atoms with Gasteiger partial charge in [0.05, 0.1) is 17.6 Å². The lowest BCUT2D eigenvalue weighted by Gasteiger charge is -2.07. The summed E-state index contributed by atoms with van der Waals surface area (Å²) in [6.45, 7) is 0.751. The highest BCUT2D eigenvalue weighted by molar-refractivity contribution is 6.36. The molecule has 0 amide bonds. The number of nitrogens with zero attached hydrogens (tertiary/aromatic N) is 1. The first-order valence-electron chi connectivity index (χ1n) is 5.03. The summed E-state index contributed by atoms with van der Waals surface area (Å²) in [4.78, 5) is 4.33. The molecule has 4 heteroatoms. The Morgan fingerprint density at radius 3 is 2.81 bits per heavy atom. The molecule has 1 N–H and O–H groups in total. The van der Waals surface area contributed by atoms with E-state index >= 15 is 0 Å². The van der Waals surface area contributed by atoms with Crippen molar-refractivity contribution in [3.05, 3.63) is 34.9 Å². The second-order valence-electron chi connectivity index (χ2n) is 3.49. The Kier molecular flexibility index (Phi) is 3.27. The minimum atomic E-state index is 0.602. The lowest BCUT2D eigenvalue weighted by atomic mass is 10.1. The number of pyridine rings is 1. The molecule has 0 bridgehead atoms. The predicted molar refractivity (Wildman–Crippen MR) is 66.1 cm³/mol. The van der Waals surface area contributed by atoms with Crippen LogP contribution in [0.2, 0.25) is 5.02 Å². The molecule has 0 aliphatic carbocycles. The van der Waals surface area contributed by atoms with Crippen LogP contribution in [0.5, 0.6) is 5.88 Å². The summed E-state index contributed by atoms with van der Waals surface area (Å²) in [5, 5.41) is 4.79. The average molecular weight is 237 g/mol. The minimum Gasteiger partial charge on any atom is -0.481 e. The minimum absolute atomic E-state index is 0.602. The van der Waals surface area contributed by atoms with Gasteiger partial charge in [-0.2, -0.15) is 0 Å². The molecule has 0 atom stereocenters. The van der Waals surface area contributed by atoms with Crippen LogP contribution in [0, 0.1) is 0 Å². The summed E-state index contributed by atoms with van der Waals surface area (Å²) in [7, 11) is 3.50. The van der Waals surface area contributed by atoms with E-state index in [1.807, 2.05) is 31.3 Å². The van der Waals surface area contributed by atoms with Crippen LogP contribution in [0.15, 0.2) is 24.3 Å². The maximum Gasteiger partial charge on any atom is 0.213 e. The second kappa shape index (κ2) is 4.68. The Labute approximate surface area is 99.4 Å². The number of hydrogen-bond donors (Lipinski definition) is 1. The van der Waals surface area contributed by atoms with E-state index in [2.05, 4.69) is 10.3 Å². The van der Waals surface area contributed by atoms with E-state index in [9.17, 15) is 0 Å². The maximum atomic E-state index is 6.30. The number of methoxy groups -OCH3 is 1. The second-order valence-corrected chi connectivity index (χ2v) is 3.87. The number of rotatable bonds is 3. The lowest BCUT2D eigenvalue weighted by Crippen LogP contribution is -2.05. The Bertz CT molecular complexity index is 514. The zero-order valence-corrected chi connectivity index (χ0v) is 10.0. The molecule has 16 heavy (non-hydrogen) atoms. The fourth-order valence-electron chi connectivity index (χ4n) is 1.64.